The number of carbonyl (C=O) groups is 1. The van der Waals surface area contributed by atoms with E-state index >= 15 is 0 Å². The number of aryl methyl sites for hydroxylation is 1. The van der Waals surface area contributed by atoms with Crippen molar-refractivity contribution in [2.24, 2.45) is 5.92 Å². The summed E-state index contributed by atoms with van der Waals surface area (Å²) in [5.41, 5.74) is 3.53. The van der Waals surface area contributed by atoms with E-state index < -0.39 is 0 Å². The largest absolute Gasteiger partial charge is 0.349 e. The smallest absolute Gasteiger partial charge is 0.224 e. The van der Waals surface area contributed by atoms with Crippen LogP contribution in [0.2, 0.25) is 0 Å². The third kappa shape index (κ3) is 3.18. The van der Waals surface area contributed by atoms with Crippen LogP contribution in [-0.2, 0) is 11.3 Å². The summed E-state index contributed by atoms with van der Waals surface area (Å²) in [7, 11) is 0. The number of hydrogen-bond donors (Lipinski definition) is 1. The molecule has 5 heteroatoms. The Morgan fingerprint density at radius 3 is 2.72 bits per heavy atom. The lowest BCUT2D eigenvalue weighted by Crippen LogP contribution is -2.26. The van der Waals surface area contributed by atoms with Gasteiger partial charge in [-0.1, -0.05) is 42.5 Å². The minimum atomic E-state index is 0.0641. The lowest BCUT2D eigenvalue weighted by Gasteiger charge is -2.08. The maximum absolute atomic E-state index is 12.5. The predicted octanol–water partition coefficient (Wildman–Crippen LogP) is 3.00. The van der Waals surface area contributed by atoms with Crippen LogP contribution in [0.15, 0.2) is 60.9 Å². The quantitative estimate of drug-likeness (QED) is 0.781. The lowest BCUT2D eigenvalue weighted by atomic mass is 10.0. The highest BCUT2D eigenvalue weighted by atomic mass is 16.2. The van der Waals surface area contributed by atoms with Crippen LogP contribution >= 0.6 is 0 Å². The van der Waals surface area contributed by atoms with Crippen LogP contribution in [0.3, 0.4) is 0 Å². The van der Waals surface area contributed by atoms with Crippen LogP contribution in [0.1, 0.15) is 29.3 Å². The second-order valence-corrected chi connectivity index (χ2v) is 6.48. The molecule has 1 aliphatic rings. The molecular weight excluding hydrogens is 312 g/mol. The summed E-state index contributed by atoms with van der Waals surface area (Å²) < 4.78 is 1.89. The zero-order valence-corrected chi connectivity index (χ0v) is 14.1. The van der Waals surface area contributed by atoms with E-state index in [1.807, 2.05) is 47.0 Å². The number of carbonyl (C=O) groups excluding carboxylic acids is 1. The molecule has 1 fully saturated rings. The molecule has 2 atom stereocenters. The van der Waals surface area contributed by atoms with E-state index in [0.717, 1.165) is 17.9 Å². The highest BCUT2D eigenvalue weighted by molar-refractivity contribution is 5.82. The molecule has 3 aromatic rings. The molecule has 1 aromatic heterocycles. The van der Waals surface area contributed by atoms with Gasteiger partial charge in [-0.2, -0.15) is 0 Å². The van der Waals surface area contributed by atoms with Crippen LogP contribution < -0.4 is 5.32 Å². The summed E-state index contributed by atoms with van der Waals surface area (Å²) >= 11 is 0. The molecule has 5 nitrogen and oxygen atoms in total. The SMILES string of the molecule is Cc1ccccc1[C@H]1C[C@@H]1C(=O)NCc1nncn1-c1ccccc1. The van der Waals surface area contributed by atoms with Crippen LogP contribution in [0, 0.1) is 12.8 Å². The second-order valence-electron chi connectivity index (χ2n) is 6.48. The Hall–Kier alpha value is -2.95. The van der Waals surface area contributed by atoms with E-state index in [4.69, 9.17) is 0 Å². The number of amides is 1. The maximum Gasteiger partial charge on any atom is 0.224 e. The Morgan fingerprint density at radius 1 is 1.16 bits per heavy atom. The van der Waals surface area contributed by atoms with Gasteiger partial charge in [-0.05, 0) is 42.5 Å². The number of nitrogens with zero attached hydrogens (tertiary/aromatic N) is 3. The summed E-state index contributed by atoms with van der Waals surface area (Å²) in [6, 6.07) is 18.2. The van der Waals surface area contributed by atoms with Gasteiger partial charge in [0.25, 0.3) is 0 Å². The van der Waals surface area contributed by atoms with Crippen molar-refractivity contribution in [3.05, 3.63) is 77.9 Å². The Balaban J connectivity index is 1.40. The van der Waals surface area contributed by atoms with Gasteiger partial charge in [0.1, 0.15) is 6.33 Å². The molecule has 2 aromatic carbocycles. The van der Waals surface area contributed by atoms with Crippen molar-refractivity contribution < 1.29 is 4.79 Å². The molecule has 0 unspecified atom stereocenters. The van der Waals surface area contributed by atoms with Crippen LogP contribution in [-0.4, -0.2) is 20.7 Å². The number of rotatable bonds is 5. The van der Waals surface area contributed by atoms with Crippen molar-refractivity contribution in [2.45, 2.75) is 25.8 Å². The van der Waals surface area contributed by atoms with Crippen molar-refractivity contribution in [1.29, 1.82) is 0 Å². The molecule has 4 rings (SSSR count). The second kappa shape index (κ2) is 6.51. The molecule has 25 heavy (non-hydrogen) atoms. The average Bonchev–Trinajstić information content (AvgIpc) is 3.30. The highest BCUT2D eigenvalue weighted by Crippen LogP contribution is 2.48. The summed E-state index contributed by atoms with van der Waals surface area (Å²) in [6.45, 7) is 2.48. The van der Waals surface area contributed by atoms with Crippen LogP contribution in [0.25, 0.3) is 5.69 Å². The highest BCUT2D eigenvalue weighted by Gasteiger charge is 2.44. The van der Waals surface area contributed by atoms with Crippen molar-refractivity contribution in [3.8, 4) is 5.69 Å². The Kier molecular flexibility index (Phi) is 4.06. The van der Waals surface area contributed by atoms with Gasteiger partial charge in [0.2, 0.25) is 5.91 Å². The third-order valence-electron chi connectivity index (χ3n) is 4.79. The zero-order valence-electron chi connectivity index (χ0n) is 14.1. The summed E-state index contributed by atoms with van der Waals surface area (Å²) in [4.78, 5) is 12.5. The minimum Gasteiger partial charge on any atom is -0.349 e. The maximum atomic E-state index is 12.5. The molecule has 0 bridgehead atoms. The molecule has 1 saturated carbocycles. The summed E-state index contributed by atoms with van der Waals surface area (Å²) in [5, 5.41) is 11.1. The van der Waals surface area contributed by atoms with Gasteiger partial charge in [0.05, 0.1) is 6.54 Å². The van der Waals surface area contributed by atoms with Crippen LogP contribution in [0.5, 0.6) is 0 Å². The average molecular weight is 332 g/mol. The molecule has 1 N–H and O–H groups in total. The third-order valence-corrected chi connectivity index (χ3v) is 4.79. The van der Waals surface area contributed by atoms with E-state index in [-0.39, 0.29) is 11.8 Å². The first kappa shape index (κ1) is 15.6. The summed E-state index contributed by atoms with van der Waals surface area (Å²) in [5.74, 6) is 1.23. The van der Waals surface area contributed by atoms with Crippen molar-refractivity contribution in [1.82, 2.24) is 20.1 Å². The molecule has 1 heterocycles. The molecular formula is C20H20N4O. The van der Waals surface area contributed by atoms with E-state index in [1.165, 1.54) is 11.1 Å². The Labute approximate surface area is 146 Å². The molecule has 1 aliphatic carbocycles. The fourth-order valence-electron chi connectivity index (χ4n) is 3.31. The number of hydrogen-bond acceptors (Lipinski definition) is 3. The van der Waals surface area contributed by atoms with Crippen LogP contribution in [0.4, 0.5) is 0 Å². The first-order valence-electron chi connectivity index (χ1n) is 8.51. The normalized spacial score (nSPS) is 18.8. The van der Waals surface area contributed by atoms with Crippen molar-refractivity contribution in [3.63, 3.8) is 0 Å². The first-order chi connectivity index (χ1) is 12.2. The molecule has 1 amide bonds. The van der Waals surface area contributed by atoms with E-state index in [1.54, 1.807) is 6.33 Å². The van der Waals surface area contributed by atoms with Gasteiger partial charge in [0, 0.05) is 11.6 Å². The number of nitrogens with one attached hydrogen (secondary N) is 1. The molecule has 0 radical (unpaired) electrons. The van der Waals surface area contributed by atoms with Gasteiger partial charge in [0.15, 0.2) is 5.82 Å². The predicted molar refractivity (Wildman–Crippen MR) is 95.2 cm³/mol. The Morgan fingerprint density at radius 2 is 1.92 bits per heavy atom. The van der Waals surface area contributed by atoms with Gasteiger partial charge in [-0.3, -0.25) is 9.36 Å². The first-order valence-corrected chi connectivity index (χ1v) is 8.51. The fourth-order valence-corrected chi connectivity index (χ4v) is 3.31. The van der Waals surface area contributed by atoms with Gasteiger partial charge in [-0.15, -0.1) is 10.2 Å². The van der Waals surface area contributed by atoms with E-state index in [9.17, 15) is 4.79 Å². The topological polar surface area (TPSA) is 59.8 Å². The van der Waals surface area contributed by atoms with Crippen molar-refractivity contribution >= 4 is 5.91 Å². The van der Waals surface area contributed by atoms with E-state index in [0.29, 0.717) is 12.5 Å². The monoisotopic (exact) mass is 332 g/mol. The minimum absolute atomic E-state index is 0.0641. The van der Waals surface area contributed by atoms with Crippen molar-refractivity contribution in [2.75, 3.05) is 0 Å². The van der Waals surface area contributed by atoms with E-state index in [2.05, 4.69) is 34.6 Å². The Bertz CT molecular complexity index is 887. The van der Waals surface area contributed by atoms with Gasteiger partial charge in [-0.25, -0.2) is 0 Å². The zero-order chi connectivity index (χ0) is 17.2. The van der Waals surface area contributed by atoms with Gasteiger partial charge >= 0.3 is 0 Å². The lowest BCUT2D eigenvalue weighted by molar-refractivity contribution is -0.122. The van der Waals surface area contributed by atoms with Gasteiger partial charge < -0.3 is 5.32 Å². The molecule has 0 spiro atoms. The number of benzene rings is 2. The fraction of sp³-hybridized carbons (Fsp3) is 0.250. The number of para-hydroxylation sites is 1. The number of aromatic nitrogens is 3. The molecule has 0 saturated heterocycles. The molecule has 126 valence electrons. The molecule has 0 aliphatic heterocycles. The summed E-state index contributed by atoms with van der Waals surface area (Å²) in [6.07, 6.45) is 2.59. The standard InChI is InChI=1S/C20H20N4O/c1-14-7-5-6-10-16(14)17-11-18(17)20(25)21-12-19-23-22-13-24(19)15-8-3-2-4-9-15/h2-10,13,17-18H,11-12H2,1H3,(H,21,25)/t17-,18+/m1/s1.